The van der Waals surface area contributed by atoms with Gasteiger partial charge >= 0.3 is 5.97 Å². The molecule has 0 radical (unpaired) electrons. The molecule has 0 aliphatic rings. The van der Waals surface area contributed by atoms with Crippen molar-refractivity contribution in [2.45, 2.75) is 6.61 Å². The zero-order valence-corrected chi connectivity index (χ0v) is 12.8. The molecule has 110 valence electrons. The molecular weight excluding hydrogens is 341 g/mol. The van der Waals surface area contributed by atoms with Crippen LogP contribution in [-0.2, 0) is 11.3 Å². The highest BCUT2D eigenvalue weighted by Crippen LogP contribution is 2.25. The monoisotopic (exact) mass is 353 g/mol. The lowest BCUT2D eigenvalue weighted by Gasteiger charge is -2.10. The third-order valence-corrected chi connectivity index (χ3v) is 3.35. The molecule has 0 atom stereocenters. The Morgan fingerprint density at radius 1 is 1.29 bits per heavy atom. The van der Waals surface area contributed by atoms with Gasteiger partial charge in [0.1, 0.15) is 6.61 Å². The zero-order valence-electron chi connectivity index (χ0n) is 11.2. The normalized spacial score (nSPS) is 10.2. The molecule has 0 aliphatic carbocycles. The fourth-order valence-corrected chi connectivity index (χ4v) is 1.97. The summed E-state index contributed by atoms with van der Waals surface area (Å²) in [6.07, 6.45) is 0. The summed E-state index contributed by atoms with van der Waals surface area (Å²) < 4.78 is 24.7. The van der Waals surface area contributed by atoms with Crippen LogP contribution in [0.2, 0.25) is 0 Å². The minimum atomic E-state index is -0.638. The molecule has 6 heteroatoms. The van der Waals surface area contributed by atoms with Crippen molar-refractivity contribution in [1.82, 2.24) is 0 Å². The number of nitrogens with two attached hydrogens (primary N) is 1. The van der Waals surface area contributed by atoms with Gasteiger partial charge in [-0.2, -0.15) is 0 Å². The Kier molecular flexibility index (Phi) is 4.80. The third kappa shape index (κ3) is 3.72. The van der Waals surface area contributed by atoms with Gasteiger partial charge in [0.25, 0.3) is 0 Å². The van der Waals surface area contributed by atoms with Crippen LogP contribution in [0.3, 0.4) is 0 Å². The van der Waals surface area contributed by atoms with Crippen LogP contribution < -0.4 is 10.5 Å². The first kappa shape index (κ1) is 15.3. The van der Waals surface area contributed by atoms with E-state index in [1.54, 1.807) is 0 Å². The van der Waals surface area contributed by atoms with E-state index in [-0.39, 0.29) is 23.6 Å². The van der Waals surface area contributed by atoms with Crippen molar-refractivity contribution in [2.75, 3.05) is 12.8 Å². The van der Waals surface area contributed by atoms with Gasteiger partial charge in [0.05, 0.1) is 12.7 Å². The largest absolute Gasteiger partial charge is 0.486 e. The van der Waals surface area contributed by atoms with E-state index in [9.17, 15) is 9.18 Å². The molecule has 0 spiro atoms. The molecule has 0 amide bonds. The summed E-state index contributed by atoms with van der Waals surface area (Å²) in [5, 5.41) is 0. The number of hydrogen-bond acceptors (Lipinski definition) is 4. The maximum atomic E-state index is 13.8. The van der Waals surface area contributed by atoms with Crippen molar-refractivity contribution in [2.24, 2.45) is 0 Å². The van der Waals surface area contributed by atoms with Crippen LogP contribution in [-0.4, -0.2) is 13.1 Å². The molecule has 0 bridgehead atoms. The fraction of sp³-hybridized carbons (Fsp3) is 0.133. The standard InChI is InChI=1S/C15H13BrFNO3/c1-20-15(19)11-6-14(12(17)7-13(11)18)21-8-9-2-4-10(16)5-3-9/h2-7H,8,18H2,1H3. The van der Waals surface area contributed by atoms with E-state index < -0.39 is 11.8 Å². The number of benzene rings is 2. The van der Waals surface area contributed by atoms with Crippen LogP contribution in [0.25, 0.3) is 0 Å². The number of carbonyl (C=O) groups excluding carboxylic acids is 1. The Morgan fingerprint density at radius 3 is 2.57 bits per heavy atom. The van der Waals surface area contributed by atoms with E-state index in [1.165, 1.54) is 13.2 Å². The second-order valence-corrected chi connectivity index (χ2v) is 5.19. The number of nitrogen functional groups attached to an aromatic ring is 1. The van der Waals surface area contributed by atoms with Gasteiger partial charge in [0, 0.05) is 16.2 Å². The lowest BCUT2D eigenvalue weighted by Crippen LogP contribution is -2.07. The third-order valence-electron chi connectivity index (χ3n) is 2.82. The highest BCUT2D eigenvalue weighted by Gasteiger charge is 2.15. The first-order chi connectivity index (χ1) is 10.0. The molecule has 2 N–H and O–H groups in total. The molecular formula is C15H13BrFNO3. The Labute approximate surface area is 129 Å². The van der Waals surface area contributed by atoms with Gasteiger partial charge in [-0.25, -0.2) is 9.18 Å². The van der Waals surface area contributed by atoms with Crippen molar-refractivity contribution in [3.8, 4) is 5.75 Å². The molecule has 21 heavy (non-hydrogen) atoms. The van der Waals surface area contributed by atoms with Crippen molar-refractivity contribution >= 4 is 27.6 Å². The number of hydrogen-bond donors (Lipinski definition) is 1. The minimum Gasteiger partial charge on any atom is -0.486 e. The summed E-state index contributed by atoms with van der Waals surface area (Å²) in [4.78, 5) is 11.5. The molecule has 2 aromatic rings. The molecule has 0 saturated heterocycles. The van der Waals surface area contributed by atoms with Crippen LogP contribution in [0.4, 0.5) is 10.1 Å². The Bertz CT molecular complexity index is 659. The maximum absolute atomic E-state index is 13.8. The van der Waals surface area contributed by atoms with E-state index >= 15 is 0 Å². The van der Waals surface area contributed by atoms with Gasteiger partial charge in [-0.15, -0.1) is 0 Å². The fourth-order valence-electron chi connectivity index (χ4n) is 1.71. The molecule has 0 saturated carbocycles. The number of esters is 1. The minimum absolute atomic E-state index is 0.00958. The second-order valence-electron chi connectivity index (χ2n) is 4.28. The van der Waals surface area contributed by atoms with Crippen molar-refractivity contribution < 1.29 is 18.7 Å². The number of anilines is 1. The quantitative estimate of drug-likeness (QED) is 0.674. The topological polar surface area (TPSA) is 61.5 Å². The summed E-state index contributed by atoms with van der Waals surface area (Å²) >= 11 is 3.33. The van der Waals surface area contributed by atoms with E-state index in [1.807, 2.05) is 24.3 Å². The molecule has 4 nitrogen and oxygen atoms in total. The second kappa shape index (κ2) is 6.58. The molecule has 0 unspecified atom stereocenters. The Morgan fingerprint density at radius 2 is 1.95 bits per heavy atom. The first-order valence-corrected chi connectivity index (χ1v) is 6.85. The van der Waals surface area contributed by atoms with Gasteiger partial charge in [0.2, 0.25) is 0 Å². The highest BCUT2D eigenvalue weighted by molar-refractivity contribution is 9.10. The molecule has 2 aromatic carbocycles. The maximum Gasteiger partial charge on any atom is 0.340 e. The zero-order chi connectivity index (χ0) is 15.4. The number of halogens is 2. The van der Waals surface area contributed by atoms with Crippen molar-refractivity contribution in [3.05, 3.63) is 57.8 Å². The smallest absolute Gasteiger partial charge is 0.340 e. The van der Waals surface area contributed by atoms with Crippen LogP contribution in [0.15, 0.2) is 40.9 Å². The average Bonchev–Trinajstić information content (AvgIpc) is 2.47. The average molecular weight is 354 g/mol. The lowest BCUT2D eigenvalue weighted by molar-refractivity contribution is 0.0601. The van der Waals surface area contributed by atoms with E-state index in [4.69, 9.17) is 10.5 Å². The molecule has 0 aromatic heterocycles. The summed E-state index contributed by atoms with van der Waals surface area (Å²) in [5.74, 6) is -1.31. The van der Waals surface area contributed by atoms with Crippen LogP contribution >= 0.6 is 15.9 Å². The SMILES string of the molecule is COC(=O)c1cc(OCc2ccc(Br)cc2)c(F)cc1N. The van der Waals surface area contributed by atoms with E-state index in [2.05, 4.69) is 20.7 Å². The van der Waals surface area contributed by atoms with E-state index in [0.29, 0.717) is 0 Å². The van der Waals surface area contributed by atoms with E-state index in [0.717, 1.165) is 16.1 Å². The van der Waals surface area contributed by atoms with Gasteiger partial charge in [-0.1, -0.05) is 28.1 Å². The number of ether oxygens (including phenoxy) is 2. The first-order valence-electron chi connectivity index (χ1n) is 6.06. The predicted molar refractivity (Wildman–Crippen MR) is 80.6 cm³/mol. The van der Waals surface area contributed by atoms with Crippen LogP contribution in [0.1, 0.15) is 15.9 Å². The summed E-state index contributed by atoms with van der Waals surface area (Å²) in [6.45, 7) is 0.175. The van der Waals surface area contributed by atoms with Crippen molar-refractivity contribution in [3.63, 3.8) is 0 Å². The highest BCUT2D eigenvalue weighted by atomic mass is 79.9. The summed E-state index contributed by atoms with van der Waals surface area (Å²) in [5.41, 5.74) is 6.54. The summed E-state index contributed by atoms with van der Waals surface area (Å²) in [6, 6.07) is 9.70. The number of carbonyl (C=O) groups is 1. The molecule has 2 rings (SSSR count). The Hall–Kier alpha value is -2.08. The van der Waals surface area contributed by atoms with Crippen molar-refractivity contribution in [1.29, 1.82) is 0 Å². The predicted octanol–water partition coefficient (Wildman–Crippen LogP) is 3.54. The summed E-state index contributed by atoms with van der Waals surface area (Å²) in [7, 11) is 1.23. The lowest BCUT2D eigenvalue weighted by atomic mass is 10.1. The van der Waals surface area contributed by atoms with Crippen LogP contribution in [0.5, 0.6) is 5.75 Å². The molecule has 0 heterocycles. The molecule has 0 aliphatic heterocycles. The van der Waals surface area contributed by atoms with Gasteiger partial charge in [-0.3, -0.25) is 0 Å². The van der Waals surface area contributed by atoms with Gasteiger partial charge < -0.3 is 15.2 Å². The Balaban J connectivity index is 2.19. The van der Waals surface area contributed by atoms with Crippen LogP contribution in [0, 0.1) is 5.82 Å². The number of methoxy groups -OCH3 is 1. The van der Waals surface area contributed by atoms with Gasteiger partial charge in [0.15, 0.2) is 11.6 Å². The van der Waals surface area contributed by atoms with Gasteiger partial charge in [-0.05, 0) is 23.8 Å². The molecule has 0 fully saturated rings. The number of rotatable bonds is 4.